The lowest BCUT2D eigenvalue weighted by molar-refractivity contribution is 1.35. The van der Waals surface area contributed by atoms with E-state index < -0.39 is 0 Å². The molecule has 0 saturated heterocycles. The molecule has 0 unspecified atom stereocenters. The van der Waals surface area contributed by atoms with Crippen molar-refractivity contribution in [3.05, 3.63) is 48.7 Å². The van der Waals surface area contributed by atoms with E-state index in [0.717, 1.165) is 28.6 Å². The maximum Gasteiger partial charge on any atom is 0.0960 e. The molecule has 0 atom stereocenters. The minimum atomic E-state index is 0.780. The van der Waals surface area contributed by atoms with Crippen LogP contribution in [0.15, 0.2) is 48.1 Å². The number of nitrogens with zero attached hydrogens (tertiary/aromatic N) is 2. The predicted molar refractivity (Wildman–Crippen MR) is 69.4 cm³/mol. The summed E-state index contributed by atoms with van der Waals surface area (Å²) in [6.07, 6.45) is 6.28. The summed E-state index contributed by atoms with van der Waals surface area (Å²) in [7, 11) is 0. The lowest BCUT2D eigenvalue weighted by Gasteiger charge is -2.04. The Hall–Kier alpha value is -1.96. The van der Waals surface area contributed by atoms with Crippen molar-refractivity contribution >= 4 is 22.8 Å². The number of pyridine rings is 1. The van der Waals surface area contributed by atoms with E-state index in [1.807, 2.05) is 24.4 Å². The fraction of sp³-hybridized carbons (Fsp3) is 0.143. The van der Waals surface area contributed by atoms with Gasteiger partial charge in [-0.1, -0.05) is 24.3 Å². The van der Waals surface area contributed by atoms with Gasteiger partial charge in [0, 0.05) is 24.2 Å². The van der Waals surface area contributed by atoms with E-state index in [0.29, 0.717) is 0 Å². The number of fused-ring (bicyclic) bond motifs is 1. The molecule has 0 aliphatic rings. The number of hydrogen-bond donors (Lipinski definition) is 0. The Morgan fingerprint density at radius 1 is 1.38 bits per heavy atom. The van der Waals surface area contributed by atoms with Crippen LogP contribution in [0.3, 0.4) is 0 Å². The van der Waals surface area contributed by atoms with Gasteiger partial charge in [-0.05, 0) is 18.6 Å². The minimum Gasteiger partial charge on any atom is -0.258 e. The molecule has 2 rings (SSSR count). The third-order valence-corrected chi connectivity index (χ3v) is 2.44. The highest BCUT2D eigenvalue weighted by atomic mass is 14.8. The van der Waals surface area contributed by atoms with Crippen LogP contribution in [-0.4, -0.2) is 11.2 Å². The Kier molecular flexibility index (Phi) is 3.10. The van der Waals surface area contributed by atoms with Crippen LogP contribution in [0.2, 0.25) is 0 Å². The van der Waals surface area contributed by atoms with Gasteiger partial charge in [0.25, 0.3) is 0 Å². The van der Waals surface area contributed by atoms with E-state index in [1.165, 1.54) is 0 Å². The second-order valence-corrected chi connectivity index (χ2v) is 3.64. The largest absolute Gasteiger partial charge is 0.258 e. The van der Waals surface area contributed by atoms with Crippen LogP contribution in [0.25, 0.3) is 10.9 Å². The lowest BCUT2D eigenvalue weighted by atomic mass is 10.1. The molecule has 0 aliphatic carbocycles. The summed E-state index contributed by atoms with van der Waals surface area (Å²) < 4.78 is 0. The van der Waals surface area contributed by atoms with Crippen molar-refractivity contribution in [1.82, 2.24) is 4.98 Å². The first kappa shape index (κ1) is 10.6. The van der Waals surface area contributed by atoms with Gasteiger partial charge in [-0.3, -0.25) is 9.98 Å². The topological polar surface area (TPSA) is 25.2 Å². The van der Waals surface area contributed by atoms with Gasteiger partial charge in [-0.25, -0.2) is 0 Å². The second-order valence-electron chi connectivity index (χ2n) is 3.64. The molecule has 2 nitrogen and oxygen atoms in total. The molecule has 16 heavy (non-hydrogen) atoms. The normalized spacial score (nSPS) is 11.1. The number of aliphatic imine (C=N–C) groups is 1. The molecular weight excluding hydrogens is 196 g/mol. The quantitative estimate of drug-likeness (QED) is 0.558. The fourth-order valence-corrected chi connectivity index (χ4v) is 1.61. The van der Waals surface area contributed by atoms with Crippen LogP contribution in [0.5, 0.6) is 0 Å². The molecule has 1 aromatic carbocycles. The number of rotatable bonds is 3. The standard InChI is InChI=1S/C14H14N2/c1-3-4-9-15-13-11(2)7-8-12-6-5-10-16-14(12)13/h3,5-10H,1,4H2,2H3/b15-9-. The zero-order valence-electron chi connectivity index (χ0n) is 9.35. The smallest absolute Gasteiger partial charge is 0.0960 e. The van der Waals surface area contributed by atoms with Crippen LogP contribution in [0.1, 0.15) is 12.0 Å². The molecule has 2 heteroatoms. The first-order valence-corrected chi connectivity index (χ1v) is 5.30. The molecule has 0 aliphatic heterocycles. The summed E-state index contributed by atoms with van der Waals surface area (Å²) in [5.41, 5.74) is 3.06. The summed E-state index contributed by atoms with van der Waals surface area (Å²) in [6.45, 7) is 5.72. The number of allylic oxidation sites excluding steroid dienone is 1. The van der Waals surface area contributed by atoms with Gasteiger partial charge in [0.05, 0.1) is 11.2 Å². The summed E-state index contributed by atoms with van der Waals surface area (Å²) in [5, 5.41) is 1.12. The Bertz CT molecular complexity index is 541. The summed E-state index contributed by atoms with van der Waals surface area (Å²) in [6, 6.07) is 8.14. The fourth-order valence-electron chi connectivity index (χ4n) is 1.61. The van der Waals surface area contributed by atoms with E-state index >= 15 is 0 Å². The SMILES string of the molecule is C=CC/C=N\c1c(C)ccc2cccnc12. The molecule has 1 heterocycles. The van der Waals surface area contributed by atoms with Crippen LogP contribution in [0, 0.1) is 6.92 Å². The molecular formula is C14H14N2. The highest BCUT2D eigenvalue weighted by molar-refractivity contribution is 5.91. The maximum absolute atomic E-state index is 4.46. The van der Waals surface area contributed by atoms with Gasteiger partial charge in [0.15, 0.2) is 0 Å². The molecule has 0 spiro atoms. The van der Waals surface area contributed by atoms with Crippen molar-refractivity contribution in [1.29, 1.82) is 0 Å². The van der Waals surface area contributed by atoms with Gasteiger partial charge in [-0.15, -0.1) is 6.58 Å². The average Bonchev–Trinajstić information content (AvgIpc) is 2.32. The third kappa shape index (κ3) is 2.01. The van der Waals surface area contributed by atoms with Crippen molar-refractivity contribution in [2.75, 3.05) is 0 Å². The van der Waals surface area contributed by atoms with Gasteiger partial charge >= 0.3 is 0 Å². The molecule has 0 N–H and O–H groups in total. The van der Waals surface area contributed by atoms with Crippen molar-refractivity contribution in [2.24, 2.45) is 4.99 Å². The lowest BCUT2D eigenvalue weighted by Crippen LogP contribution is -1.83. The van der Waals surface area contributed by atoms with Crippen molar-refractivity contribution in [3.8, 4) is 0 Å². The highest BCUT2D eigenvalue weighted by Gasteiger charge is 2.03. The Labute approximate surface area is 95.4 Å². The zero-order valence-corrected chi connectivity index (χ0v) is 9.35. The third-order valence-electron chi connectivity index (χ3n) is 2.44. The van der Waals surface area contributed by atoms with Gasteiger partial charge in [0.1, 0.15) is 0 Å². The van der Waals surface area contributed by atoms with Crippen LogP contribution < -0.4 is 0 Å². The van der Waals surface area contributed by atoms with E-state index in [9.17, 15) is 0 Å². The van der Waals surface area contributed by atoms with Gasteiger partial charge in [-0.2, -0.15) is 0 Å². The first-order valence-electron chi connectivity index (χ1n) is 5.30. The van der Waals surface area contributed by atoms with E-state index in [4.69, 9.17) is 0 Å². The Morgan fingerprint density at radius 3 is 3.06 bits per heavy atom. The Balaban J connectivity index is 2.56. The second kappa shape index (κ2) is 4.71. The van der Waals surface area contributed by atoms with E-state index in [1.54, 1.807) is 6.20 Å². The first-order chi connectivity index (χ1) is 7.83. The molecule has 0 radical (unpaired) electrons. The molecule has 0 fully saturated rings. The van der Waals surface area contributed by atoms with Crippen LogP contribution in [0.4, 0.5) is 5.69 Å². The number of aryl methyl sites for hydroxylation is 1. The number of hydrogen-bond acceptors (Lipinski definition) is 2. The summed E-state index contributed by atoms with van der Waals surface area (Å²) in [4.78, 5) is 8.85. The van der Waals surface area contributed by atoms with Crippen molar-refractivity contribution < 1.29 is 0 Å². The Morgan fingerprint density at radius 2 is 2.25 bits per heavy atom. The van der Waals surface area contributed by atoms with Gasteiger partial charge < -0.3 is 0 Å². The van der Waals surface area contributed by atoms with Crippen LogP contribution in [-0.2, 0) is 0 Å². The zero-order chi connectivity index (χ0) is 11.4. The van der Waals surface area contributed by atoms with Crippen molar-refractivity contribution in [3.63, 3.8) is 0 Å². The molecule has 0 bridgehead atoms. The molecule has 80 valence electrons. The highest BCUT2D eigenvalue weighted by Crippen LogP contribution is 2.27. The summed E-state index contributed by atoms with van der Waals surface area (Å²) >= 11 is 0. The number of benzene rings is 1. The van der Waals surface area contributed by atoms with E-state index in [-0.39, 0.29) is 0 Å². The maximum atomic E-state index is 4.46. The van der Waals surface area contributed by atoms with E-state index in [2.05, 4.69) is 35.6 Å². The monoisotopic (exact) mass is 210 g/mol. The molecule has 1 aromatic heterocycles. The van der Waals surface area contributed by atoms with Crippen LogP contribution >= 0.6 is 0 Å². The number of aromatic nitrogens is 1. The molecule has 0 saturated carbocycles. The average molecular weight is 210 g/mol. The predicted octanol–water partition coefficient (Wildman–Crippen LogP) is 3.82. The molecule has 0 amide bonds. The minimum absolute atomic E-state index is 0.780. The van der Waals surface area contributed by atoms with Gasteiger partial charge in [0.2, 0.25) is 0 Å². The van der Waals surface area contributed by atoms with Crippen molar-refractivity contribution in [2.45, 2.75) is 13.3 Å². The summed E-state index contributed by atoms with van der Waals surface area (Å²) in [5.74, 6) is 0. The molecule has 2 aromatic rings.